The van der Waals surface area contributed by atoms with Gasteiger partial charge in [0, 0.05) is 0 Å². The molecule has 4 N–H and O–H groups in total. The third-order valence-corrected chi connectivity index (χ3v) is 2.27. The molecule has 0 aromatic heterocycles. The zero-order valence-electron chi connectivity index (χ0n) is 7.84. The molecule has 0 aliphatic rings. The summed E-state index contributed by atoms with van der Waals surface area (Å²) in [6.45, 7) is 6.11. The summed E-state index contributed by atoms with van der Waals surface area (Å²) in [5.41, 5.74) is 11.0. The van der Waals surface area contributed by atoms with Gasteiger partial charge in [0.05, 0.1) is 0 Å². The van der Waals surface area contributed by atoms with Gasteiger partial charge in [-0.1, -0.05) is 20.3 Å². The van der Waals surface area contributed by atoms with E-state index in [1.165, 1.54) is 12.8 Å². The Kier molecular flexibility index (Phi) is 6.57. The largest absolute Gasteiger partial charge is 0.330 e. The average Bonchev–Trinajstić information content (AvgIpc) is 1.97. The molecule has 1 atom stereocenters. The van der Waals surface area contributed by atoms with E-state index in [1.54, 1.807) is 0 Å². The summed E-state index contributed by atoms with van der Waals surface area (Å²) >= 11 is 0. The highest BCUT2D eigenvalue weighted by Crippen LogP contribution is 2.16. The van der Waals surface area contributed by atoms with Crippen molar-refractivity contribution >= 4 is 0 Å². The van der Waals surface area contributed by atoms with E-state index in [-0.39, 0.29) is 0 Å². The topological polar surface area (TPSA) is 52.0 Å². The first-order valence-electron chi connectivity index (χ1n) is 4.62. The molecule has 0 saturated carbocycles. The molecule has 0 radical (unpaired) electrons. The predicted octanol–water partition coefficient (Wildman–Crippen LogP) is 1.35. The van der Waals surface area contributed by atoms with E-state index >= 15 is 0 Å². The molecule has 0 aliphatic carbocycles. The van der Waals surface area contributed by atoms with E-state index in [2.05, 4.69) is 13.8 Å². The number of rotatable bonds is 6. The molecule has 1 unspecified atom stereocenters. The Hall–Kier alpha value is -0.0800. The van der Waals surface area contributed by atoms with Crippen molar-refractivity contribution < 1.29 is 0 Å². The Balaban J connectivity index is 3.36. The van der Waals surface area contributed by atoms with Crippen LogP contribution in [0.15, 0.2) is 0 Å². The smallest absolute Gasteiger partial charge is 0.00464 e. The molecule has 0 aliphatic heterocycles. The highest BCUT2D eigenvalue weighted by atomic mass is 14.6. The van der Waals surface area contributed by atoms with Crippen LogP contribution in [-0.4, -0.2) is 13.1 Å². The lowest BCUT2D eigenvalue weighted by Crippen LogP contribution is -2.20. The van der Waals surface area contributed by atoms with Crippen molar-refractivity contribution in [3.8, 4) is 0 Å². The van der Waals surface area contributed by atoms with Gasteiger partial charge in [-0.2, -0.15) is 0 Å². The monoisotopic (exact) mass is 158 g/mol. The molecule has 0 saturated heterocycles. The van der Waals surface area contributed by atoms with E-state index in [1.807, 2.05) is 0 Å². The highest BCUT2D eigenvalue weighted by Gasteiger charge is 2.09. The minimum Gasteiger partial charge on any atom is -0.330 e. The Morgan fingerprint density at radius 2 is 1.73 bits per heavy atom. The number of nitrogens with two attached hydrogens (primary N) is 2. The molecular weight excluding hydrogens is 136 g/mol. The van der Waals surface area contributed by atoms with Gasteiger partial charge >= 0.3 is 0 Å². The quantitative estimate of drug-likeness (QED) is 0.573. The van der Waals surface area contributed by atoms with Crippen LogP contribution in [-0.2, 0) is 0 Å². The van der Waals surface area contributed by atoms with E-state index in [4.69, 9.17) is 11.5 Å². The van der Waals surface area contributed by atoms with E-state index < -0.39 is 0 Å². The van der Waals surface area contributed by atoms with Gasteiger partial charge in [0.2, 0.25) is 0 Å². The van der Waals surface area contributed by atoms with Gasteiger partial charge in [-0.15, -0.1) is 0 Å². The molecule has 68 valence electrons. The van der Waals surface area contributed by atoms with Crippen LogP contribution in [0.1, 0.15) is 33.1 Å². The van der Waals surface area contributed by atoms with Crippen LogP contribution in [0.4, 0.5) is 0 Å². The van der Waals surface area contributed by atoms with E-state index in [0.29, 0.717) is 5.92 Å². The second-order valence-corrected chi connectivity index (χ2v) is 3.52. The third-order valence-electron chi connectivity index (χ3n) is 2.27. The average molecular weight is 158 g/mol. The van der Waals surface area contributed by atoms with Crippen LogP contribution in [0.2, 0.25) is 0 Å². The number of hydrogen-bond acceptors (Lipinski definition) is 2. The Morgan fingerprint density at radius 1 is 1.09 bits per heavy atom. The summed E-state index contributed by atoms with van der Waals surface area (Å²) in [6, 6.07) is 0. The number of hydrogen-bond donors (Lipinski definition) is 2. The minimum atomic E-state index is 0.696. The van der Waals surface area contributed by atoms with Gasteiger partial charge in [-0.25, -0.2) is 0 Å². The normalized spacial score (nSPS) is 13.9. The molecule has 2 heteroatoms. The Bertz CT molecular complexity index is 81.6. The van der Waals surface area contributed by atoms with Gasteiger partial charge in [-0.05, 0) is 37.8 Å². The second-order valence-electron chi connectivity index (χ2n) is 3.52. The lowest BCUT2D eigenvalue weighted by atomic mass is 9.91. The predicted molar refractivity (Wildman–Crippen MR) is 50.3 cm³/mol. The molecule has 2 nitrogen and oxygen atoms in total. The number of unbranched alkanes of at least 4 members (excludes halogenated alkanes) is 1. The summed E-state index contributed by atoms with van der Waals surface area (Å²) in [5.74, 6) is 1.42. The second kappa shape index (κ2) is 6.62. The lowest BCUT2D eigenvalue weighted by molar-refractivity contribution is 0.357. The maximum atomic E-state index is 5.62. The first kappa shape index (κ1) is 10.9. The molecule has 0 heterocycles. The standard InChI is InChI=1S/C9H22N2/c1-8(2)9(7-11)5-3-4-6-10/h8-9H,3-7,10-11H2,1-2H3. The zero-order valence-corrected chi connectivity index (χ0v) is 7.84. The summed E-state index contributed by atoms with van der Waals surface area (Å²) in [6.07, 6.45) is 3.62. The van der Waals surface area contributed by atoms with Crippen molar-refractivity contribution in [3.05, 3.63) is 0 Å². The Morgan fingerprint density at radius 3 is 2.09 bits per heavy atom. The molecule has 0 aromatic rings. The van der Waals surface area contributed by atoms with Crippen molar-refractivity contribution in [2.75, 3.05) is 13.1 Å². The Labute approximate surface area is 70.3 Å². The van der Waals surface area contributed by atoms with Crippen LogP contribution in [0.3, 0.4) is 0 Å². The highest BCUT2D eigenvalue weighted by molar-refractivity contribution is 4.63. The zero-order chi connectivity index (χ0) is 8.69. The van der Waals surface area contributed by atoms with Crippen molar-refractivity contribution in [1.82, 2.24) is 0 Å². The lowest BCUT2D eigenvalue weighted by Gasteiger charge is -2.17. The van der Waals surface area contributed by atoms with Gasteiger partial charge < -0.3 is 11.5 Å². The fourth-order valence-corrected chi connectivity index (χ4v) is 1.27. The minimum absolute atomic E-state index is 0.696. The maximum Gasteiger partial charge on any atom is -0.00464 e. The van der Waals surface area contributed by atoms with E-state index in [9.17, 15) is 0 Å². The van der Waals surface area contributed by atoms with E-state index in [0.717, 1.165) is 25.4 Å². The van der Waals surface area contributed by atoms with Gasteiger partial charge in [0.15, 0.2) is 0 Å². The SMILES string of the molecule is CC(C)C(CN)CCCCN. The summed E-state index contributed by atoms with van der Waals surface area (Å²) in [5, 5.41) is 0. The van der Waals surface area contributed by atoms with Crippen LogP contribution in [0.25, 0.3) is 0 Å². The van der Waals surface area contributed by atoms with Crippen molar-refractivity contribution in [1.29, 1.82) is 0 Å². The van der Waals surface area contributed by atoms with Crippen LogP contribution < -0.4 is 11.5 Å². The molecule has 0 fully saturated rings. The van der Waals surface area contributed by atoms with Crippen LogP contribution >= 0.6 is 0 Å². The first-order chi connectivity index (χ1) is 5.22. The summed E-state index contributed by atoms with van der Waals surface area (Å²) < 4.78 is 0. The van der Waals surface area contributed by atoms with Crippen molar-refractivity contribution in [2.24, 2.45) is 23.3 Å². The molecule has 11 heavy (non-hydrogen) atoms. The summed E-state index contributed by atoms with van der Waals surface area (Å²) in [4.78, 5) is 0. The molecule has 0 bridgehead atoms. The van der Waals surface area contributed by atoms with Crippen molar-refractivity contribution in [2.45, 2.75) is 33.1 Å². The fraction of sp³-hybridized carbons (Fsp3) is 1.00. The molecular formula is C9H22N2. The molecule has 0 rings (SSSR count). The molecule has 0 aromatic carbocycles. The van der Waals surface area contributed by atoms with Crippen LogP contribution in [0, 0.1) is 11.8 Å². The third kappa shape index (κ3) is 5.22. The van der Waals surface area contributed by atoms with Gasteiger partial charge in [0.25, 0.3) is 0 Å². The molecule has 0 spiro atoms. The van der Waals surface area contributed by atoms with Gasteiger partial charge in [-0.3, -0.25) is 0 Å². The van der Waals surface area contributed by atoms with Crippen molar-refractivity contribution in [3.63, 3.8) is 0 Å². The maximum absolute atomic E-state index is 5.62. The first-order valence-corrected chi connectivity index (χ1v) is 4.62. The van der Waals surface area contributed by atoms with Gasteiger partial charge in [0.1, 0.15) is 0 Å². The molecule has 0 amide bonds. The van der Waals surface area contributed by atoms with Crippen LogP contribution in [0.5, 0.6) is 0 Å². The fourth-order valence-electron chi connectivity index (χ4n) is 1.27. The summed E-state index contributed by atoms with van der Waals surface area (Å²) in [7, 11) is 0.